The highest BCUT2D eigenvalue weighted by molar-refractivity contribution is 6.32. The largest absolute Gasteiger partial charge is 0.452 e. The molecule has 0 unspecified atom stereocenters. The van der Waals surface area contributed by atoms with Gasteiger partial charge < -0.3 is 9.47 Å². The molecular weight excluding hydrogens is 304 g/mol. The standard InChI is InChI=1S/C17H11ClO4/c1-10(19)21-12-6-7-13-15(9-12)22-16(17(13)20)8-11-4-2-3-5-14(11)18/h2-9H,1H3. The summed E-state index contributed by atoms with van der Waals surface area (Å²) in [6, 6.07) is 11.8. The Labute approximate surface area is 131 Å². The topological polar surface area (TPSA) is 52.6 Å². The molecule has 110 valence electrons. The maximum atomic E-state index is 12.3. The van der Waals surface area contributed by atoms with Crippen molar-refractivity contribution >= 4 is 29.4 Å². The summed E-state index contributed by atoms with van der Waals surface area (Å²) >= 11 is 6.08. The number of hydrogen-bond acceptors (Lipinski definition) is 4. The predicted octanol–water partition coefficient (Wildman–Crippen LogP) is 3.88. The van der Waals surface area contributed by atoms with Crippen molar-refractivity contribution in [1.82, 2.24) is 0 Å². The number of rotatable bonds is 2. The van der Waals surface area contributed by atoms with Gasteiger partial charge in [-0.2, -0.15) is 0 Å². The number of allylic oxidation sites excluding steroid dienone is 1. The molecule has 22 heavy (non-hydrogen) atoms. The van der Waals surface area contributed by atoms with Crippen molar-refractivity contribution in [2.45, 2.75) is 6.92 Å². The number of halogens is 1. The fourth-order valence-electron chi connectivity index (χ4n) is 2.13. The van der Waals surface area contributed by atoms with Crippen molar-refractivity contribution in [1.29, 1.82) is 0 Å². The Kier molecular flexibility index (Phi) is 3.69. The minimum atomic E-state index is -0.434. The molecule has 0 saturated carbocycles. The van der Waals surface area contributed by atoms with Gasteiger partial charge in [0, 0.05) is 18.0 Å². The van der Waals surface area contributed by atoms with E-state index in [4.69, 9.17) is 21.1 Å². The Morgan fingerprint density at radius 2 is 2.00 bits per heavy atom. The van der Waals surface area contributed by atoms with Crippen LogP contribution < -0.4 is 9.47 Å². The molecule has 0 amide bonds. The Morgan fingerprint density at radius 1 is 1.23 bits per heavy atom. The SMILES string of the molecule is CC(=O)Oc1ccc2c(c1)OC(=Cc1ccccc1Cl)C2=O. The molecule has 0 N–H and O–H groups in total. The highest BCUT2D eigenvalue weighted by Gasteiger charge is 2.28. The summed E-state index contributed by atoms with van der Waals surface area (Å²) < 4.78 is 10.5. The van der Waals surface area contributed by atoms with Crippen LogP contribution in [-0.2, 0) is 4.79 Å². The monoisotopic (exact) mass is 314 g/mol. The van der Waals surface area contributed by atoms with E-state index < -0.39 is 5.97 Å². The van der Waals surface area contributed by atoms with Gasteiger partial charge in [-0.1, -0.05) is 29.8 Å². The van der Waals surface area contributed by atoms with Gasteiger partial charge in [-0.05, 0) is 29.8 Å². The molecule has 0 aliphatic carbocycles. The van der Waals surface area contributed by atoms with Gasteiger partial charge in [0.2, 0.25) is 5.78 Å². The lowest BCUT2D eigenvalue weighted by Crippen LogP contribution is -2.01. The lowest BCUT2D eigenvalue weighted by Gasteiger charge is -2.03. The average molecular weight is 315 g/mol. The van der Waals surface area contributed by atoms with Crippen LogP contribution in [0.2, 0.25) is 5.02 Å². The number of Topliss-reactive ketones (excluding diaryl/α,β-unsaturated/α-hetero) is 1. The summed E-state index contributed by atoms with van der Waals surface area (Å²) in [4.78, 5) is 23.3. The first-order valence-corrected chi connectivity index (χ1v) is 6.93. The molecule has 1 aliphatic rings. The number of esters is 1. The van der Waals surface area contributed by atoms with Gasteiger partial charge >= 0.3 is 5.97 Å². The minimum absolute atomic E-state index is 0.183. The molecule has 0 atom stereocenters. The zero-order valence-corrected chi connectivity index (χ0v) is 12.4. The van der Waals surface area contributed by atoms with Gasteiger partial charge in [-0.15, -0.1) is 0 Å². The third kappa shape index (κ3) is 2.73. The van der Waals surface area contributed by atoms with Crippen molar-refractivity contribution in [3.05, 3.63) is 64.4 Å². The number of carbonyl (C=O) groups is 2. The fourth-order valence-corrected chi connectivity index (χ4v) is 2.32. The van der Waals surface area contributed by atoms with Gasteiger partial charge in [-0.3, -0.25) is 9.59 Å². The molecule has 0 aromatic heterocycles. The number of ether oxygens (including phenoxy) is 2. The Balaban J connectivity index is 1.94. The summed E-state index contributed by atoms with van der Waals surface area (Å²) in [6.45, 7) is 1.31. The van der Waals surface area contributed by atoms with E-state index in [0.717, 1.165) is 0 Å². The quantitative estimate of drug-likeness (QED) is 0.479. The molecule has 2 aromatic rings. The molecule has 0 saturated heterocycles. The lowest BCUT2D eigenvalue weighted by molar-refractivity contribution is -0.131. The highest BCUT2D eigenvalue weighted by Crippen LogP contribution is 2.35. The molecule has 1 heterocycles. The van der Waals surface area contributed by atoms with Crippen molar-refractivity contribution in [2.24, 2.45) is 0 Å². The van der Waals surface area contributed by atoms with Crippen LogP contribution in [0.15, 0.2) is 48.2 Å². The third-order valence-electron chi connectivity index (χ3n) is 3.09. The van der Waals surface area contributed by atoms with Gasteiger partial charge in [0.1, 0.15) is 11.5 Å². The van der Waals surface area contributed by atoms with Gasteiger partial charge in [0.05, 0.1) is 5.56 Å². The molecule has 4 nitrogen and oxygen atoms in total. The van der Waals surface area contributed by atoms with Gasteiger partial charge in [0.15, 0.2) is 5.76 Å². The molecule has 3 rings (SSSR count). The van der Waals surface area contributed by atoms with E-state index in [1.54, 1.807) is 30.3 Å². The molecule has 0 bridgehead atoms. The summed E-state index contributed by atoms with van der Waals surface area (Å²) in [5.41, 5.74) is 1.12. The van der Waals surface area contributed by atoms with Crippen molar-refractivity contribution in [3.63, 3.8) is 0 Å². The Hall–Kier alpha value is -2.59. The van der Waals surface area contributed by atoms with E-state index in [-0.39, 0.29) is 11.5 Å². The number of benzene rings is 2. The summed E-state index contributed by atoms with van der Waals surface area (Å²) in [6.07, 6.45) is 1.59. The first kappa shape index (κ1) is 14.4. The van der Waals surface area contributed by atoms with Gasteiger partial charge in [-0.25, -0.2) is 0 Å². The molecule has 0 radical (unpaired) electrons. The normalized spacial score (nSPS) is 14.6. The molecule has 2 aromatic carbocycles. The van der Waals surface area contributed by atoms with E-state index in [1.165, 1.54) is 13.0 Å². The van der Waals surface area contributed by atoms with E-state index in [9.17, 15) is 9.59 Å². The van der Waals surface area contributed by atoms with Crippen molar-refractivity contribution < 1.29 is 19.1 Å². The minimum Gasteiger partial charge on any atom is -0.452 e. The zero-order valence-electron chi connectivity index (χ0n) is 11.6. The maximum absolute atomic E-state index is 12.3. The zero-order chi connectivity index (χ0) is 15.7. The summed E-state index contributed by atoms with van der Waals surface area (Å²) in [5.74, 6) is 0.212. The molecule has 0 spiro atoms. The maximum Gasteiger partial charge on any atom is 0.308 e. The first-order valence-electron chi connectivity index (χ1n) is 6.56. The Morgan fingerprint density at radius 3 is 2.73 bits per heavy atom. The highest BCUT2D eigenvalue weighted by atomic mass is 35.5. The number of fused-ring (bicyclic) bond motifs is 1. The van der Waals surface area contributed by atoms with Crippen LogP contribution in [0.25, 0.3) is 6.08 Å². The number of hydrogen-bond donors (Lipinski definition) is 0. The molecule has 5 heteroatoms. The van der Waals surface area contributed by atoms with E-state index >= 15 is 0 Å². The van der Waals surface area contributed by atoms with Crippen LogP contribution >= 0.6 is 11.6 Å². The lowest BCUT2D eigenvalue weighted by atomic mass is 10.1. The van der Waals surface area contributed by atoms with Crippen LogP contribution in [0.3, 0.4) is 0 Å². The van der Waals surface area contributed by atoms with Crippen LogP contribution in [-0.4, -0.2) is 11.8 Å². The van der Waals surface area contributed by atoms with Gasteiger partial charge in [0.25, 0.3) is 0 Å². The average Bonchev–Trinajstić information content (AvgIpc) is 2.77. The predicted molar refractivity (Wildman–Crippen MR) is 82.1 cm³/mol. The second-order valence-electron chi connectivity index (χ2n) is 4.71. The number of ketones is 1. The fraction of sp³-hybridized carbons (Fsp3) is 0.0588. The van der Waals surface area contributed by atoms with E-state index in [2.05, 4.69) is 0 Å². The first-order chi connectivity index (χ1) is 10.5. The number of carbonyl (C=O) groups excluding carboxylic acids is 2. The smallest absolute Gasteiger partial charge is 0.308 e. The second-order valence-corrected chi connectivity index (χ2v) is 5.12. The van der Waals surface area contributed by atoms with Crippen LogP contribution in [0.5, 0.6) is 11.5 Å². The Bertz CT molecular complexity index is 808. The molecule has 0 fully saturated rings. The van der Waals surface area contributed by atoms with Crippen molar-refractivity contribution in [3.8, 4) is 11.5 Å². The third-order valence-corrected chi connectivity index (χ3v) is 3.44. The second kappa shape index (κ2) is 5.66. The summed E-state index contributed by atoms with van der Waals surface area (Å²) in [7, 11) is 0. The summed E-state index contributed by atoms with van der Waals surface area (Å²) in [5, 5.41) is 0.531. The molecule has 1 aliphatic heterocycles. The van der Waals surface area contributed by atoms with Crippen LogP contribution in [0.4, 0.5) is 0 Å². The van der Waals surface area contributed by atoms with Crippen LogP contribution in [0.1, 0.15) is 22.8 Å². The van der Waals surface area contributed by atoms with E-state index in [0.29, 0.717) is 27.6 Å². The van der Waals surface area contributed by atoms with Crippen LogP contribution in [0, 0.1) is 0 Å². The molecular formula is C17H11ClO4. The van der Waals surface area contributed by atoms with Crippen molar-refractivity contribution in [2.75, 3.05) is 0 Å². The van der Waals surface area contributed by atoms with E-state index in [1.807, 2.05) is 12.1 Å².